The largest absolute Gasteiger partial charge is 0.357 e. The highest BCUT2D eigenvalue weighted by atomic mass is 16.6. The quantitative estimate of drug-likeness (QED) is 0.575. The maximum atomic E-state index is 11.2. The number of non-ortho nitro benzene ring substituents is 1. The van der Waals surface area contributed by atoms with Crippen LogP contribution in [0.15, 0.2) is 48.9 Å². The molecule has 0 atom stereocenters. The molecule has 3 heterocycles. The summed E-state index contributed by atoms with van der Waals surface area (Å²) in [5, 5.41) is 15.8. The zero-order chi connectivity index (χ0) is 17.2. The molecule has 0 unspecified atom stereocenters. The van der Waals surface area contributed by atoms with Gasteiger partial charge in [-0.1, -0.05) is 0 Å². The molecule has 2 aromatic heterocycles. The van der Waals surface area contributed by atoms with E-state index < -0.39 is 0 Å². The van der Waals surface area contributed by atoms with Crippen molar-refractivity contribution < 1.29 is 4.92 Å². The van der Waals surface area contributed by atoms with Gasteiger partial charge in [-0.15, -0.1) is 0 Å². The smallest absolute Gasteiger partial charge is 0.278 e. The normalized spacial score (nSPS) is 14.0. The number of nitro groups is 1. The number of rotatable bonds is 4. The summed E-state index contributed by atoms with van der Waals surface area (Å²) in [4.78, 5) is 21.6. The van der Waals surface area contributed by atoms with Crippen LogP contribution >= 0.6 is 0 Å². The van der Waals surface area contributed by atoms with Crippen LogP contribution in [-0.2, 0) is 0 Å². The summed E-state index contributed by atoms with van der Waals surface area (Å²) in [5.41, 5.74) is 1.68. The summed E-state index contributed by atoms with van der Waals surface area (Å²) in [6, 6.07) is 8.97. The van der Waals surface area contributed by atoms with Gasteiger partial charge in [0.2, 0.25) is 0 Å². The van der Waals surface area contributed by atoms with Crippen molar-refractivity contribution in [3.63, 3.8) is 0 Å². The highest BCUT2D eigenvalue weighted by Crippen LogP contribution is 2.32. The number of hydrogen-bond donors (Lipinski definition) is 1. The van der Waals surface area contributed by atoms with Gasteiger partial charge in [0.05, 0.1) is 22.2 Å². The van der Waals surface area contributed by atoms with Crippen molar-refractivity contribution in [1.82, 2.24) is 9.97 Å². The third kappa shape index (κ3) is 2.96. The zero-order valence-electron chi connectivity index (χ0n) is 13.6. The van der Waals surface area contributed by atoms with Crippen LogP contribution in [0.1, 0.15) is 12.8 Å². The number of benzene rings is 1. The Bertz CT molecular complexity index is 920. The van der Waals surface area contributed by atoms with Crippen molar-refractivity contribution in [3.8, 4) is 0 Å². The van der Waals surface area contributed by atoms with E-state index in [1.165, 1.54) is 25.1 Å². The number of anilines is 3. The van der Waals surface area contributed by atoms with E-state index in [1.807, 2.05) is 12.1 Å². The fourth-order valence-corrected chi connectivity index (χ4v) is 3.19. The molecule has 1 aromatic carbocycles. The SMILES string of the molecule is O=[N+]([O-])c1ccc(Nc2ccc(N3CCCC3)nc2)c2ccncc12. The lowest BCUT2D eigenvalue weighted by Gasteiger charge is -2.16. The first kappa shape index (κ1) is 15.3. The van der Waals surface area contributed by atoms with Gasteiger partial charge in [-0.3, -0.25) is 15.1 Å². The average molecular weight is 335 g/mol. The molecule has 3 aromatic rings. The Hall–Kier alpha value is -3.22. The van der Waals surface area contributed by atoms with Gasteiger partial charge < -0.3 is 10.2 Å². The minimum atomic E-state index is -0.389. The summed E-state index contributed by atoms with van der Waals surface area (Å²) in [7, 11) is 0. The topological polar surface area (TPSA) is 84.2 Å². The van der Waals surface area contributed by atoms with E-state index in [1.54, 1.807) is 24.5 Å². The Labute approximate surface area is 144 Å². The molecule has 4 rings (SSSR count). The number of nitrogens with one attached hydrogen (secondary N) is 1. The van der Waals surface area contributed by atoms with E-state index in [9.17, 15) is 10.1 Å². The van der Waals surface area contributed by atoms with Crippen LogP contribution in [0.4, 0.5) is 22.9 Å². The minimum absolute atomic E-state index is 0.0520. The molecule has 126 valence electrons. The van der Waals surface area contributed by atoms with Gasteiger partial charge in [0, 0.05) is 42.6 Å². The van der Waals surface area contributed by atoms with Gasteiger partial charge in [-0.05, 0) is 37.1 Å². The van der Waals surface area contributed by atoms with Crippen LogP contribution in [-0.4, -0.2) is 28.0 Å². The standard InChI is InChI=1S/C18H17N5O2/c24-23(25)17-5-4-16(14-7-8-19-12-15(14)17)21-13-3-6-18(20-11-13)22-9-1-2-10-22/h3-8,11-12,21H,1-2,9-10H2. The molecule has 1 aliphatic heterocycles. The van der Waals surface area contributed by atoms with Crippen molar-refractivity contribution >= 4 is 33.7 Å². The lowest BCUT2D eigenvalue weighted by Crippen LogP contribution is -2.18. The maximum absolute atomic E-state index is 11.2. The number of pyridine rings is 2. The molecule has 1 aliphatic rings. The number of fused-ring (bicyclic) bond motifs is 1. The second-order valence-electron chi connectivity index (χ2n) is 6.03. The molecule has 0 bridgehead atoms. The summed E-state index contributed by atoms with van der Waals surface area (Å²) >= 11 is 0. The number of aromatic nitrogens is 2. The molecule has 1 fully saturated rings. The van der Waals surface area contributed by atoms with Crippen molar-refractivity contribution in [1.29, 1.82) is 0 Å². The van der Waals surface area contributed by atoms with E-state index in [0.717, 1.165) is 35.7 Å². The lowest BCUT2D eigenvalue weighted by molar-refractivity contribution is -0.383. The predicted molar refractivity (Wildman–Crippen MR) is 97.4 cm³/mol. The van der Waals surface area contributed by atoms with E-state index in [0.29, 0.717) is 5.39 Å². The molecule has 0 amide bonds. The summed E-state index contributed by atoms with van der Waals surface area (Å²) in [6.07, 6.45) is 7.37. The zero-order valence-corrected chi connectivity index (χ0v) is 13.6. The predicted octanol–water partition coefficient (Wildman–Crippen LogP) is 3.88. The average Bonchev–Trinajstić information content (AvgIpc) is 3.17. The van der Waals surface area contributed by atoms with Crippen molar-refractivity contribution in [2.24, 2.45) is 0 Å². The third-order valence-electron chi connectivity index (χ3n) is 4.45. The fourth-order valence-electron chi connectivity index (χ4n) is 3.19. The fraction of sp³-hybridized carbons (Fsp3) is 0.222. The van der Waals surface area contributed by atoms with E-state index >= 15 is 0 Å². The van der Waals surface area contributed by atoms with Crippen LogP contribution < -0.4 is 10.2 Å². The molecule has 0 aliphatic carbocycles. The number of hydrogen-bond acceptors (Lipinski definition) is 6. The van der Waals surface area contributed by atoms with Gasteiger partial charge in [-0.25, -0.2) is 4.98 Å². The van der Waals surface area contributed by atoms with Gasteiger partial charge in [-0.2, -0.15) is 0 Å². The molecule has 0 radical (unpaired) electrons. The Morgan fingerprint density at radius 2 is 1.88 bits per heavy atom. The second kappa shape index (κ2) is 6.35. The Morgan fingerprint density at radius 3 is 2.60 bits per heavy atom. The third-order valence-corrected chi connectivity index (χ3v) is 4.45. The van der Waals surface area contributed by atoms with Crippen molar-refractivity contribution in [2.45, 2.75) is 12.8 Å². The van der Waals surface area contributed by atoms with Gasteiger partial charge in [0.15, 0.2) is 0 Å². The highest BCUT2D eigenvalue weighted by Gasteiger charge is 2.15. The number of nitro benzene ring substituents is 1. The van der Waals surface area contributed by atoms with Gasteiger partial charge in [0.25, 0.3) is 5.69 Å². The van der Waals surface area contributed by atoms with E-state index in [4.69, 9.17) is 0 Å². The van der Waals surface area contributed by atoms with Crippen LogP contribution in [0.5, 0.6) is 0 Å². The molecule has 0 spiro atoms. The first-order chi connectivity index (χ1) is 12.2. The lowest BCUT2D eigenvalue weighted by atomic mass is 10.1. The first-order valence-corrected chi connectivity index (χ1v) is 8.21. The molecule has 7 nitrogen and oxygen atoms in total. The maximum Gasteiger partial charge on any atom is 0.278 e. The molecular weight excluding hydrogens is 318 g/mol. The van der Waals surface area contributed by atoms with Crippen LogP contribution in [0.2, 0.25) is 0 Å². The van der Waals surface area contributed by atoms with Crippen molar-refractivity contribution in [2.75, 3.05) is 23.3 Å². The minimum Gasteiger partial charge on any atom is -0.357 e. The van der Waals surface area contributed by atoms with Crippen molar-refractivity contribution in [3.05, 3.63) is 59.0 Å². The molecule has 25 heavy (non-hydrogen) atoms. The van der Waals surface area contributed by atoms with E-state index in [-0.39, 0.29) is 10.6 Å². The molecule has 7 heteroatoms. The van der Waals surface area contributed by atoms with Crippen LogP contribution in [0.25, 0.3) is 10.8 Å². The Balaban J connectivity index is 1.64. The monoisotopic (exact) mass is 335 g/mol. The van der Waals surface area contributed by atoms with Gasteiger partial charge >= 0.3 is 0 Å². The second-order valence-corrected chi connectivity index (χ2v) is 6.03. The Morgan fingerprint density at radius 1 is 1.04 bits per heavy atom. The van der Waals surface area contributed by atoms with Crippen LogP contribution in [0.3, 0.4) is 0 Å². The summed E-state index contributed by atoms with van der Waals surface area (Å²) < 4.78 is 0. The van der Waals surface area contributed by atoms with Crippen LogP contribution in [0, 0.1) is 10.1 Å². The highest BCUT2D eigenvalue weighted by molar-refractivity contribution is 6.00. The molecule has 1 saturated heterocycles. The van der Waals surface area contributed by atoms with E-state index in [2.05, 4.69) is 20.2 Å². The Kier molecular flexibility index (Phi) is 3.89. The molecular formula is C18H17N5O2. The summed E-state index contributed by atoms with van der Waals surface area (Å²) in [6.45, 7) is 2.11. The molecule has 0 saturated carbocycles. The summed E-state index contributed by atoms with van der Waals surface area (Å²) in [5.74, 6) is 0.987. The first-order valence-electron chi connectivity index (χ1n) is 8.21. The number of nitrogens with zero attached hydrogens (tertiary/aromatic N) is 4. The molecule has 1 N–H and O–H groups in total. The van der Waals surface area contributed by atoms with Gasteiger partial charge in [0.1, 0.15) is 5.82 Å².